The van der Waals surface area contributed by atoms with Crippen molar-refractivity contribution >= 4 is 23.9 Å². The first-order chi connectivity index (χ1) is 20.1. The van der Waals surface area contributed by atoms with Crippen LogP contribution in [-0.2, 0) is 9.47 Å². The number of cyclic esters (lactones) is 1. The number of hydrogen-bond acceptors (Lipinski definition) is 7. The van der Waals surface area contributed by atoms with Crippen molar-refractivity contribution in [2.24, 2.45) is 0 Å². The quantitative estimate of drug-likeness (QED) is 0.520. The standard InChI is InChI=1S/C32H43N5O5/c1-5-20-17-36(19-27-26-14-21-8-6-7-9-22(21)18-37(26)31(40)41-27)29(38)24-15-28(33-16-25(20)24)34-23-10-12-35(13-11-23)30(39)42-32(2,3)4/h6,8,15-16,20,23,26-27H,5,7,9-14,17-19H2,1-4H3,(H,33,34)/t20?,26-,27?/m0/s1. The van der Waals surface area contributed by atoms with Gasteiger partial charge in [0.1, 0.15) is 17.5 Å². The van der Waals surface area contributed by atoms with Crippen LogP contribution in [0.1, 0.15) is 88.1 Å². The number of allylic oxidation sites excluding steroid dienone is 2. The Bertz CT molecular complexity index is 1310. The zero-order chi connectivity index (χ0) is 29.6. The molecule has 1 aromatic rings. The van der Waals surface area contributed by atoms with Crippen molar-refractivity contribution in [3.05, 3.63) is 46.7 Å². The van der Waals surface area contributed by atoms with E-state index in [1.54, 1.807) is 4.90 Å². The molecule has 5 heterocycles. The number of carbonyl (C=O) groups excluding carboxylic acids is 3. The summed E-state index contributed by atoms with van der Waals surface area (Å²) in [5.74, 6) is 0.804. The number of piperidine rings is 1. The summed E-state index contributed by atoms with van der Waals surface area (Å²) in [6, 6.07) is 1.98. The van der Waals surface area contributed by atoms with Crippen molar-refractivity contribution in [2.75, 3.05) is 38.0 Å². The van der Waals surface area contributed by atoms with E-state index in [2.05, 4.69) is 29.4 Å². The van der Waals surface area contributed by atoms with Crippen LogP contribution >= 0.6 is 0 Å². The van der Waals surface area contributed by atoms with Gasteiger partial charge in [0.05, 0.1) is 12.6 Å². The second-order valence-corrected chi connectivity index (χ2v) is 13.2. The first-order valence-electron chi connectivity index (χ1n) is 15.5. The molecule has 1 aliphatic carbocycles. The number of nitrogens with zero attached hydrogens (tertiary/aromatic N) is 4. The third-order valence-electron chi connectivity index (χ3n) is 9.22. The Labute approximate surface area is 248 Å². The molecule has 1 N–H and O–H groups in total. The molecule has 10 nitrogen and oxygen atoms in total. The Morgan fingerprint density at radius 3 is 2.74 bits per heavy atom. The Morgan fingerprint density at radius 2 is 2.00 bits per heavy atom. The van der Waals surface area contributed by atoms with E-state index in [9.17, 15) is 14.4 Å². The van der Waals surface area contributed by atoms with Gasteiger partial charge >= 0.3 is 12.2 Å². The lowest BCUT2D eigenvalue weighted by atomic mass is 9.86. The van der Waals surface area contributed by atoms with Crippen molar-refractivity contribution in [2.45, 2.75) is 95.9 Å². The second-order valence-electron chi connectivity index (χ2n) is 13.2. The summed E-state index contributed by atoms with van der Waals surface area (Å²) in [6.45, 7) is 10.6. The fourth-order valence-corrected chi connectivity index (χ4v) is 6.92. The minimum absolute atomic E-state index is 0.0392. The Hall–Kier alpha value is -3.56. The van der Waals surface area contributed by atoms with Gasteiger partial charge in [-0.25, -0.2) is 14.6 Å². The zero-order valence-electron chi connectivity index (χ0n) is 25.2. The predicted octanol–water partition coefficient (Wildman–Crippen LogP) is 5.08. The number of pyridine rings is 1. The summed E-state index contributed by atoms with van der Waals surface area (Å²) in [5, 5.41) is 3.50. The van der Waals surface area contributed by atoms with Gasteiger partial charge in [0.2, 0.25) is 0 Å². The topological polar surface area (TPSA) is 104 Å². The van der Waals surface area contributed by atoms with Crippen LogP contribution in [0, 0.1) is 0 Å². The molecule has 0 spiro atoms. The first-order valence-corrected chi connectivity index (χ1v) is 15.5. The van der Waals surface area contributed by atoms with E-state index in [0.29, 0.717) is 44.1 Å². The molecule has 0 bridgehead atoms. The van der Waals surface area contributed by atoms with E-state index in [-0.39, 0.29) is 42.2 Å². The third kappa shape index (κ3) is 5.72. The van der Waals surface area contributed by atoms with Crippen molar-refractivity contribution in [3.63, 3.8) is 0 Å². The molecule has 0 aromatic carbocycles. The van der Waals surface area contributed by atoms with Gasteiger partial charge in [-0.05, 0) is 82.1 Å². The minimum atomic E-state index is -0.515. The smallest absolute Gasteiger partial charge is 0.410 e. The maximum atomic E-state index is 13.8. The minimum Gasteiger partial charge on any atom is -0.444 e. The maximum Gasteiger partial charge on any atom is 0.410 e. The summed E-state index contributed by atoms with van der Waals surface area (Å²) in [4.78, 5) is 49.3. The number of hydrogen-bond donors (Lipinski definition) is 1. The molecule has 2 unspecified atom stereocenters. The van der Waals surface area contributed by atoms with Crippen molar-refractivity contribution in [3.8, 4) is 0 Å². The third-order valence-corrected chi connectivity index (χ3v) is 9.22. The molecule has 5 aliphatic rings. The maximum absolute atomic E-state index is 13.8. The van der Waals surface area contributed by atoms with E-state index in [1.807, 2.05) is 42.8 Å². The highest BCUT2D eigenvalue weighted by Crippen LogP contribution is 2.38. The van der Waals surface area contributed by atoms with Gasteiger partial charge in [-0.2, -0.15) is 0 Å². The van der Waals surface area contributed by atoms with E-state index in [0.717, 1.165) is 44.1 Å². The number of rotatable bonds is 5. The first kappa shape index (κ1) is 28.6. The molecule has 0 saturated carbocycles. The van der Waals surface area contributed by atoms with Gasteiger partial charge < -0.3 is 24.6 Å². The Kier molecular flexibility index (Phi) is 7.66. The highest BCUT2D eigenvalue weighted by atomic mass is 16.6. The molecule has 2 fully saturated rings. The highest BCUT2D eigenvalue weighted by molar-refractivity contribution is 5.97. The van der Waals surface area contributed by atoms with Crippen LogP contribution in [0.4, 0.5) is 15.4 Å². The van der Waals surface area contributed by atoms with Gasteiger partial charge in [-0.3, -0.25) is 9.69 Å². The normalized spacial score (nSPS) is 26.1. The van der Waals surface area contributed by atoms with Crippen LogP contribution < -0.4 is 5.32 Å². The van der Waals surface area contributed by atoms with Crippen molar-refractivity contribution in [1.29, 1.82) is 0 Å². The number of aromatic nitrogens is 1. The molecule has 10 heteroatoms. The molecular weight excluding hydrogens is 534 g/mol. The molecule has 2 saturated heterocycles. The lowest BCUT2D eigenvalue weighted by Crippen LogP contribution is -2.49. The number of amides is 3. The molecule has 42 heavy (non-hydrogen) atoms. The monoisotopic (exact) mass is 577 g/mol. The van der Waals surface area contributed by atoms with Crippen LogP contribution in [0.3, 0.4) is 0 Å². The van der Waals surface area contributed by atoms with Gasteiger partial charge in [0, 0.05) is 49.9 Å². The summed E-state index contributed by atoms with van der Waals surface area (Å²) in [6.07, 6.45) is 10.6. The van der Waals surface area contributed by atoms with E-state index in [1.165, 1.54) is 11.1 Å². The molecule has 0 radical (unpaired) electrons. The lowest BCUT2D eigenvalue weighted by molar-refractivity contribution is 0.0210. The number of ether oxygens (including phenoxy) is 2. The van der Waals surface area contributed by atoms with E-state index < -0.39 is 5.60 Å². The van der Waals surface area contributed by atoms with E-state index >= 15 is 0 Å². The summed E-state index contributed by atoms with van der Waals surface area (Å²) < 4.78 is 11.4. The zero-order valence-corrected chi connectivity index (χ0v) is 25.2. The molecule has 3 amide bonds. The Morgan fingerprint density at radius 1 is 1.21 bits per heavy atom. The molecule has 226 valence electrons. The summed E-state index contributed by atoms with van der Waals surface area (Å²) in [5.41, 5.74) is 3.80. The molecule has 3 atom stereocenters. The molecule has 4 aliphatic heterocycles. The van der Waals surface area contributed by atoms with Crippen LogP contribution in [-0.4, -0.2) is 94.3 Å². The largest absolute Gasteiger partial charge is 0.444 e. The second kappa shape index (κ2) is 11.3. The summed E-state index contributed by atoms with van der Waals surface area (Å²) in [7, 11) is 0. The van der Waals surface area contributed by atoms with Crippen LogP contribution in [0.2, 0.25) is 0 Å². The van der Waals surface area contributed by atoms with Gasteiger partial charge in [0.15, 0.2) is 0 Å². The lowest BCUT2D eigenvalue weighted by Gasteiger charge is -2.38. The number of anilines is 1. The van der Waals surface area contributed by atoms with Crippen LogP contribution in [0.15, 0.2) is 35.6 Å². The average Bonchev–Trinajstić information content (AvgIpc) is 3.26. The average molecular weight is 578 g/mol. The number of likely N-dealkylation sites (tertiary alicyclic amines) is 1. The van der Waals surface area contributed by atoms with Crippen molar-refractivity contribution < 1.29 is 23.9 Å². The number of nitrogens with one attached hydrogen (secondary N) is 1. The Balaban J connectivity index is 1.12. The highest BCUT2D eigenvalue weighted by Gasteiger charge is 2.46. The predicted molar refractivity (Wildman–Crippen MR) is 158 cm³/mol. The fourth-order valence-electron chi connectivity index (χ4n) is 6.92. The van der Waals surface area contributed by atoms with Crippen LogP contribution in [0.25, 0.3) is 0 Å². The molecule has 6 rings (SSSR count). The van der Waals surface area contributed by atoms with Crippen molar-refractivity contribution in [1.82, 2.24) is 19.7 Å². The number of fused-ring (bicyclic) bond motifs is 2. The summed E-state index contributed by atoms with van der Waals surface area (Å²) >= 11 is 0. The van der Waals surface area contributed by atoms with Gasteiger partial charge in [-0.1, -0.05) is 19.1 Å². The number of carbonyl (C=O) groups is 3. The van der Waals surface area contributed by atoms with Crippen LogP contribution in [0.5, 0.6) is 0 Å². The van der Waals surface area contributed by atoms with Gasteiger partial charge in [-0.15, -0.1) is 0 Å². The molecule has 1 aromatic heterocycles. The molecular formula is C32H43N5O5. The SMILES string of the molecule is CCC1CN(CC2OC(=O)N3CC4=C(C=CCC4)C[C@@H]23)C(=O)c2cc(NC3CCN(C(=O)OC(C)(C)C)CC3)ncc21. The van der Waals surface area contributed by atoms with E-state index in [4.69, 9.17) is 9.47 Å². The van der Waals surface area contributed by atoms with Gasteiger partial charge in [0.25, 0.3) is 5.91 Å². The fraction of sp³-hybridized carbons (Fsp3) is 0.625.